The molecule has 2 amide bonds. The smallest absolute Gasteiger partial charge is 0.258 e. The lowest BCUT2D eigenvalue weighted by atomic mass is 10.00. The quantitative estimate of drug-likeness (QED) is 0.415. The van der Waals surface area contributed by atoms with Crippen molar-refractivity contribution in [2.75, 3.05) is 49.3 Å². The minimum atomic E-state index is -0.187. The molecule has 2 heterocycles. The number of anilines is 3. The zero-order valence-electron chi connectivity index (χ0n) is 22.7. The molecule has 0 saturated carbocycles. The van der Waals surface area contributed by atoms with Gasteiger partial charge in [0.2, 0.25) is 5.91 Å². The monoisotopic (exact) mass is 543 g/mol. The summed E-state index contributed by atoms with van der Waals surface area (Å²) in [4.78, 5) is 32.5. The van der Waals surface area contributed by atoms with Crippen LogP contribution >= 0.6 is 11.6 Å². The fourth-order valence-electron chi connectivity index (χ4n) is 5.20. The number of carbonyl (C=O) groups is 2. The molecular formula is C31H34ClN5O2. The molecule has 202 valence electrons. The summed E-state index contributed by atoms with van der Waals surface area (Å²) in [6, 6.07) is 23.6. The lowest BCUT2D eigenvalue weighted by Crippen LogP contribution is -2.57. The second-order valence-electron chi connectivity index (χ2n) is 10.5. The fourth-order valence-corrected chi connectivity index (χ4v) is 5.38. The third kappa shape index (κ3) is 5.71. The van der Waals surface area contributed by atoms with Crippen molar-refractivity contribution in [1.29, 1.82) is 0 Å². The van der Waals surface area contributed by atoms with Crippen LogP contribution in [0.2, 0.25) is 5.02 Å². The van der Waals surface area contributed by atoms with Gasteiger partial charge in [-0.3, -0.25) is 14.5 Å². The summed E-state index contributed by atoms with van der Waals surface area (Å²) in [7, 11) is 3.95. The molecule has 7 nitrogen and oxygen atoms in total. The number of rotatable bonds is 6. The summed E-state index contributed by atoms with van der Waals surface area (Å²) in [5.74, 6) is -0.127. The number of fused-ring (bicyclic) bond motifs is 1. The maximum atomic E-state index is 13.1. The Labute approximate surface area is 235 Å². The Morgan fingerprint density at radius 2 is 1.74 bits per heavy atom. The first kappa shape index (κ1) is 26.9. The number of carbonyl (C=O) groups excluding carboxylic acids is 2. The van der Waals surface area contributed by atoms with Gasteiger partial charge in [-0.05, 0) is 62.9 Å². The molecule has 8 heteroatoms. The highest BCUT2D eigenvalue weighted by Gasteiger charge is 2.30. The Balaban J connectivity index is 1.37. The molecule has 39 heavy (non-hydrogen) atoms. The van der Waals surface area contributed by atoms with Crippen LogP contribution in [0.25, 0.3) is 11.3 Å². The van der Waals surface area contributed by atoms with E-state index in [4.69, 9.17) is 11.6 Å². The molecule has 0 aliphatic carbocycles. The van der Waals surface area contributed by atoms with E-state index in [1.54, 1.807) is 17.0 Å². The molecule has 2 N–H and O–H groups in total. The van der Waals surface area contributed by atoms with Gasteiger partial charge in [0.15, 0.2) is 0 Å². The van der Waals surface area contributed by atoms with E-state index in [9.17, 15) is 9.59 Å². The summed E-state index contributed by atoms with van der Waals surface area (Å²) in [6.45, 7) is 6.58. The standard InChI is InChI=1S/C31H34ClN5O2/c1-20-18-37(21(2)17-35(20)3)19-28(38)36(4)25-13-11-24(12-14-25)33-30(22-8-6-5-7-9-22)29-26-15-10-23(32)16-27(26)34-31(29)39/h5-16,20-21,33H,17-19H2,1-4H3,(H,34,39)/b30-29-. The van der Waals surface area contributed by atoms with Crippen LogP contribution in [-0.4, -0.2) is 67.4 Å². The van der Waals surface area contributed by atoms with Gasteiger partial charge in [-0.15, -0.1) is 0 Å². The number of benzene rings is 3. The highest BCUT2D eigenvalue weighted by molar-refractivity contribution is 6.38. The minimum absolute atomic E-state index is 0.0595. The summed E-state index contributed by atoms with van der Waals surface area (Å²) >= 11 is 6.17. The van der Waals surface area contributed by atoms with Gasteiger partial charge in [0.25, 0.3) is 5.91 Å². The fraction of sp³-hybridized carbons (Fsp3) is 0.290. The van der Waals surface area contributed by atoms with Crippen molar-refractivity contribution in [3.8, 4) is 0 Å². The summed E-state index contributed by atoms with van der Waals surface area (Å²) < 4.78 is 0. The molecule has 2 atom stereocenters. The number of likely N-dealkylation sites (N-methyl/N-ethyl adjacent to an activating group) is 2. The Hall–Kier alpha value is -3.65. The molecule has 2 unspecified atom stereocenters. The van der Waals surface area contributed by atoms with Crippen LogP contribution in [-0.2, 0) is 9.59 Å². The lowest BCUT2D eigenvalue weighted by Gasteiger charge is -2.42. The van der Waals surface area contributed by atoms with Crippen LogP contribution in [0.1, 0.15) is 25.0 Å². The SMILES string of the molecule is CC1CN(CC(=O)N(C)c2ccc(N/C(=C3\C(=O)Nc4cc(Cl)ccc43)c3ccccc3)cc2)C(C)CN1C. The molecule has 1 fully saturated rings. The van der Waals surface area contributed by atoms with E-state index in [1.165, 1.54) is 0 Å². The second kappa shape index (κ2) is 11.2. The summed E-state index contributed by atoms with van der Waals surface area (Å²) in [5, 5.41) is 6.96. The Morgan fingerprint density at radius 3 is 2.46 bits per heavy atom. The Morgan fingerprint density at radius 1 is 1.03 bits per heavy atom. The van der Waals surface area contributed by atoms with E-state index >= 15 is 0 Å². The van der Waals surface area contributed by atoms with Crippen LogP contribution in [0.4, 0.5) is 17.1 Å². The van der Waals surface area contributed by atoms with Crippen molar-refractivity contribution in [2.24, 2.45) is 0 Å². The number of amides is 2. The molecule has 0 aromatic heterocycles. The topological polar surface area (TPSA) is 67.9 Å². The van der Waals surface area contributed by atoms with Crippen molar-refractivity contribution >= 4 is 51.7 Å². The largest absolute Gasteiger partial charge is 0.354 e. The minimum Gasteiger partial charge on any atom is -0.354 e. The number of hydrogen-bond donors (Lipinski definition) is 2. The van der Waals surface area contributed by atoms with Gasteiger partial charge in [0, 0.05) is 54.2 Å². The lowest BCUT2D eigenvalue weighted by molar-refractivity contribution is -0.120. The third-order valence-electron chi connectivity index (χ3n) is 7.70. The van der Waals surface area contributed by atoms with Gasteiger partial charge >= 0.3 is 0 Å². The molecule has 0 spiro atoms. The molecule has 0 bridgehead atoms. The van der Waals surface area contributed by atoms with Gasteiger partial charge in [0.1, 0.15) is 0 Å². The molecular weight excluding hydrogens is 510 g/mol. The van der Waals surface area contributed by atoms with Crippen LogP contribution < -0.4 is 15.5 Å². The first-order valence-corrected chi connectivity index (χ1v) is 13.6. The Kier molecular flexibility index (Phi) is 7.75. The summed E-state index contributed by atoms with van der Waals surface area (Å²) in [6.07, 6.45) is 0. The van der Waals surface area contributed by atoms with Crippen molar-refractivity contribution in [3.63, 3.8) is 0 Å². The van der Waals surface area contributed by atoms with Crippen molar-refractivity contribution in [3.05, 3.63) is 88.9 Å². The van der Waals surface area contributed by atoms with E-state index < -0.39 is 0 Å². The molecule has 2 aliphatic rings. The van der Waals surface area contributed by atoms with Crippen molar-refractivity contribution in [2.45, 2.75) is 25.9 Å². The predicted molar refractivity (Wildman–Crippen MR) is 160 cm³/mol. The normalized spacial score (nSPS) is 20.8. The number of nitrogens with zero attached hydrogens (tertiary/aromatic N) is 3. The maximum absolute atomic E-state index is 13.1. The predicted octanol–water partition coefficient (Wildman–Crippen LogP) is 5.26. The number of piperazine rings is 1. The second-order valence-corrected chi connectivity index (χ2v) is 10.9. The number of nitrogens with one attached hydrogen (secondary N) is 2. The molecule has 5 rings (SSSR count). The third-order valence-corrected chi connectivity index (χ3v) is 7.94. The molecule has 1 saturated heterocycles. The van der Waals surface area contributed by atoms with E-state index in [0.29, 0.717) is 40.6 Å². The molecule has 3 aromatic rings. The van der Waals surface area contributed by atoms with E-state index in [2.05, 4.69) is 41.3 Å². The highest BCUT2D eigenvalue weighted by atomic mass is 35.5. The average molecular weight is 544 g/mol. The van der Waals surface area contributed by atoms with Crippen LogP contribution in [0.15, 0.2) is 72.8 Å². The van der Waals surface area contributed by atoms with Gasteiger partial charge < -0.3 is 20.4 Å². The van der Waals surface area contributed by atoms with Crippen molar-refractivity contribution in [1.82, 2.24) is 9.80 Å². The van der Waals surface area contributed by atoms with E-state index in [0.717, 1.165) is 35.6 Å². The summed E-state index contributed by atoms with van der Waals surface area (Å²) in [5.41, 5.74) is 5.25. The highest BCUT2D eigenvalue weighted by Crippen LogP contribution is 2.38. The average Bonchev–Trinajstić information content (AvgIpc) is 3.25. The van der Waals surface area contributed by atoms with Crippen LogP contribution in [0, 0.1) is 0 Å². The zero-order chi connectivity index (χ0) is 27.7. The van der Waals surface area contributed by atoms with Gasteiger partial charge in [-0.1, -0.05) is 48.0 Å². The van der Waals surface area contributed by atoms with Crippen LogP contribution in [0.3, 0.4) is 0 Å². The number of hydrogen-bond acceptors (Lipinski definition) is 5. The van der Waals surface area contributed by atoms with E-state index in [-0.39, 0.29) is 11.8 Å². The molecule has 0 radical (unpaired) electrons. The van der Waals surface area contributed by atoms with Gasteiger partial charge in [0.05, 0.1) is 23.5 Å². The van der Waals surface area contributed by atoms with Gasteiger partial charge in [-0.2, -0.15) is 0 Å². The van der Waals surface area contributed by atoms with Crippen LogP contribution in [0.5, 0.6) is 0 Å². The molecule has 2 aliphatic heterocycles. The maximum Gasteiger partial charge on any atom is 0.258 e. The van der Waals surface area contributed by atoms with Crippen molar-refractivity contribution < 1.29 is 9.59 Å². The first-order valence-electron chi connectivity index (χ1n) is 13.2. The van der Waals surface area contributed by atoms with E-state index in [1.807, 2.05) is 67.7 Å². The van der Waals surface area contributed by atoms with Gasteiger partial charge in [-0.25, -0.2) is 0 Å². The first-order chi connectivity index (χ1) is 18.7. The zero-order valence-corrected chi connectivity index (χ0v) is 23.5. The number of halogens is 1. The molecule has 3 aromatic carbocycles. The Bertz CT molecular complexity index is 1410.